The van der Waals surface area contributed by atoms with E-state index in [9.17, 15) is 19.2 Å². The maximum Gasteiger partial charge on any atom is 0.427 e. The Kier molecular flexibility index (Phi) is 5.97. The fourth-order valence-electron chi connectivity index (χ4n) is 2.32. The van der Waals surface area contributed by atoms with Crippen LogP contribution in [-0.4, -0.2) is 40.7 Å². The maximum absolute atomic E-state index is 12.2. The zero-order valence-electron chi connectivity index (χ0n) is 14.9. The number of esters is 2. The van der Waals surface area contributed by atoms with Gasteiger partial charge < -0.3 is 14.2 Å². The summed E-state index contributed by atoms with van der Waals surface area (Å²) in [5, 5.41) is 0. The van der Waals surface area contributed by atoms with Crippen molar-refractivity contribution in [3.63, 3.8) is 0 Å². The zero-order valence-corrected chi connectivity index (χ0v) is 14.9. The number of hydrogen-bond donors (Lipinski definition) is 0. The van der Waals surface area contributed by atoms with Gasteiger partial charge in [0.25, 0.3) is 0 Å². The Bertz CT molecular complexity index is 693. The maximum atomic E-state index is 12.2. The van der Waals surface area contributed by atoms with Gasteiger partial charge in [-0.1, -0.05) is 30.3 Å². The number of amides is 2. The van der Waals surface area contributed by atoms with Crippen molar-refractivity contribution in [1.82, 2.24) is 4.90 Å². The second-order valence-electron chi connectivity index (χ2n) is 6.74. The van der Waals surface area contributed by atoms with Gasteiger partial charge in [0.15, 0.2) is 0 Å². The van der Waals surface area contributed by atoms with Crippen molar-refractivity contribution in [1.29, 1.82) is 0 Å². The molecule has 1 unspecified atom stereocenters. The Labute approximate surface area is 151 Å². The molecule has 0 spiro atoms. The van der Waals surface area contributed by atoms with Crippen molar-refractivity contribution in [3.05, 3.63) is 35.9 Å². The number of carbonyl (C=O) groups excluding carboxylic acids is 4. The highest BCUT2D eigenvalue weighted by Crippen LogP contribution is 2.21. The minimum absolute atomic E-state index is 0.0591. The summed E-state index contributed by atoms with van der Waals surface area (Å²) in [6.45, 7) is 5.08. The van der Waals surface area contributed by atoms with Crippen LogP contribution in [0.5, 0.6) is 0 Å². The number of carbonyl (C=O) groups is 4. The van der Waals surface area contributed by atoms with E-state index in [1.54, 1.807) is 45.0 Å². The van der Waals surface area contributed by atoms with E-state index in [2.05, 4.69) is 4.74 Å². The average molecular weight is 363 g/mol. The summed E-state index contributed by atoms with van der Waals surface area (Å²) >= 11 is 0. The fourth-order valence-corrected chi connectivity index (χ4v) is 2.32. The van der Waals surface area contributed by atoms with Gasteiger partial charge >= 0.3 is 24.1 Å². The van der Waals surface area contributed by atoms with Gasteiger partial charge in [0.1, 0.15) is 18.2 Å². The normalized spacial score (nSPS) is 17.0. The summed E-state index contributed by atoms with van der Waals surface area (Å²) in [4.78, 5) is 48.2. The molecule has 2 rings (SSSR count). The molecule has 1 aliphatic heterocycles. The lowest BCUT2D eigenvalue weighted by Crippen LogP contribution is -2.41. The number of benzene rings is 1. The molecule has 2 amide bonds. The first-order valence-corrected chi connectivity index (χ1v) is 8.15. The predicted octanol–water partition coefficient (Wildman–Crippen LogP) is 2.79. The Morgan fingerprint density at radius 2 is 1.81 bits per heavy atom. The second-order valence-corrected chi connectivity index (χ2v) is 6.74. The second kappa shape index (κ2) is 7.99. The van der Waals surface area contributed by atoms with Crippen LogP contribution in [-0.2, 0) is 30.4 Å². The van der Waals surface area contributed by atoms with Crippen LogP contribution in [0.15, 0.2) is 30.3 Å². The van der Waals surface area contributed by atoms with Crippen LogP contribution in [0, 0.1) is 0 Å². The lowest BCUT2D eigenvalue weighted by Gasteiger charge is -2.21. The highest BCUT2D eigenvalue weighted by molar-refractivity contribution is 6.03. The molecule has 1 aromatic carbocycles. The third kappa shape index (κ3) is 5.30. The third-order valence-electron chi connectivity index (χ3n) is 3.41. The fraction of sp³-hybridized carbons (Fsp3) is 0.444. The van der Waals surface area contributed by atoms with Crippen molar-refractivity contribution in [2.24, 2.45) is 0 Å². The molecule has 0 aliphatic carbocycles. The first kappa shape index (κ1) is 19.4. The van der Waals surface area contributed by atoms with Crippen molar-refractivity contribution in [3.8, 4) is 0 Å². The molecule has 0 bridgehead atoms. The van der Waals surface area contributed by atoms with Gasteiger partial charge in [0, 0.05) is 6.42 Å². The quantitative estimate of drug-likeness (QED) is 0.450. The number of rotatable bonds is 5. The smallest absolute Gasteiger partial charge is 0.427 e. The van der Waals surface area contributed by atoms with Gasteiger partial charge in [-0.3, -0.25) is 4.79 Å². The van der Waals surface area contributed by atoms with Gasteiger partial charge in [0.05, 0.1) is 0 Å². The summed E-state index contributed by atoms with van der Waals surface area (Å²) < 4.78 is 14.7. The highest BCUT2D eigenvalue weighted by atomic mass is 16.6. The van der Waals surface area contributed by atoms with E-state index in [1.165, 1.54) is 0 Å². The summed E-state index contributed by atoms with van der Waals surface area (Å²) in [6, 6.07) is 7.66. The summed E-state index contributed by atoms with van der Waals surface area (Å²) in [5.74, 6) is -1.43. The molecule has 0 N–H and O–H groups in total. The Balaban J connectivity index is 1.96. The molecular weight excluding hydrogens is 342 g/mol. The van der Waals surface area contributed by atoms with Crippen LogP contribution >= 0.6 is 0 Å². The number of nitrogens with zero attached hydrogens (tertiary/aromatic N) is 1. The molecular formula is C18H21NO7. The molecule has 26 heavy (non-hydrogen) atoms. The molecule has 0 radical (unpaired) electrons. The van der Waals surface area contributed by atoms with Crippen LogP contribution in [0.1, 0.15) is 39.2 Å². The van der Waals surface area contributed by atoms with Crippen LogP contribution < -0.4 is 0 Å². The summed E-state index contributed by atoms with van der Waals surface area (Å²) in [5.41, 5.74) is 0.0576. The first-order valence-electron chi connectivity index (χ1n) is 8.15. The number of ether oxygens (including phenoxy) is 3. The van der Waals surface area contributed by atoms with E-state index >= 15 is 0 Å². The molecule has 1 atom stereocenters. The van der Waals surface area contributed by atoms with Crippen LogP contribution in [0.2, 0.25) is 0 Å². The van der Waals surface area contributed by atoms with Crippen LogP contribution in [0.3, 0.4) is 0 Å². The van der Waals surface area contributed by atoms with Gasteiger partial charge in [-0.25, -0.2) is 14.4 Å². The Morgan fingerprint density at radius 3 is 2.42 bits per heavy atom. The van der Waals surface area contributed by atoms with Gasteiger partial charge in [-0.15, -0.1) is 0 Å². The van der Waals surface area contributed by atoms with E-state index in [0.717, 1.165) is 5.56 Å². The topological polar surface area (TPSA) is 99.2 Å². The molecule has 140 valence electrons. The minimum Gasteiger partial charge on any atom is -0.460 e. The van der Waals surface area contributed by atoms with Crippen LogP contribution in [0.4, 0.5) is 9.59 Å². The monoisotopic (exact) mass is 363 g/mol. The average Bonchev–Trinajstić information content (AvgIpc) is 2.83. The molecule has 1 aromatic rings. The van der Waals surface area contributed by atoms with Gasteiger partial charge in [-0.05, 0) is 32.8 Å². The lowest BCUT2D eigenvalue weighted by atomic mass is 10.1. The summed E-state index contributed by atoms with van der Waals surface area (Å²) in [6.07, 6.45) is -2.35. The first-order chi connectivity index (χ1) is 12.2. The molecule has 0 aromatic heterocycles. The lowest BCUT2D eigenvalue weighted by molar-refractivity contribution is -0.155. The van der Waals surface area contributed by atoms with E-state index in [1.807, 2.05) is 6.07 Å². The van der Waals surface area contributed by atoms with Gasteiger partial charge in [-0.2, -0.15) is 4.90 Å². The van der Waals surface area contributed by atoms with Crippen LogP contribution in [0.25, 0.3) is 0 Å². The van der Waals surface area contributed by atoms with Crippen molar-refractivity contribution < 1.29 is 33.4 Å². The predicted molar refractivity (Wildman–Crippen MR) is 88.8 cm³/mol. The molecule has 0 saturated carbocycles. The number of hydrogen-bond acceptors (Lipinski definition) is 7. The highest BCUT2D eigenvalue weighted by Gasteiger charge is 2.46. The molecule has 1 heterocycles. The number of imide groups is 1. The van der Waals surface area contributed by atoms with Crippen molar-refractivity contribution in [2.75, 3.05) is 0 Å². The molecule has 8 heteroatoms. The van der Waals surface area contributed by atoms with E-state index in [0.29, 0.717) is 4.90 Å². The van der Waals surface area contributed by atoms with Crippen molar-refractivity contribution in [2.45, 2.75) is 51.9 Å². The zero-order chi connectivity index (χ0) is 19.3. The van der Waals surface area contributed by atoms with E-state index in [-0.39, 0.29) is 19.4 Å². The third-order valence-corrected chi connectivity index (χ3v) is 3.41. The Hall–Kier alpha value is -2.90. The SMILES string of the molecule is CC(C)(C)OC(=O)CCC1C(=O)OC(=O)N1C(=O)OCc1ccccc1. The Morgan fingerprint density at radius 1 is 1.15 bits per heavy atom. The van der Waals surface area contributed by atoms with E-state index < -0.39 is 35.8 Å². The molecule has 1 fully saturated rings. The standard InChI is InChI=1S/C18H21NO7/c1-18(2,3)26-14(20)10-9-13-15(21)25-17(23)19(13)16(22)24-11-12-7-5-4-6-8-12/h4-8,13H,9-11H2,1-3H3. The van der Waals surface area contributed by atoms with E-state index in [4.69, 9.17) is 9.47 Å². The largest absolute Gasteiger partial charge is 0.460 e. The molecule has 1 saturated heterocycles. The number of cyclic esters (lactones) is 2. The minimum atomic E-state index is -1.21. The van der Waals surface area contributed by atoms with Crippen molar-refractivity contribution >= 4 is 24.1 Å². The summed E-state index contributed by atoms with van der Waals surface area (Å²) in [7, 11) is 0. The molecule has 1 aliphatic rings. The van der Waals surface area contributed by atoms with Gasteiger partial charge in [0.2, 0.25) is 0 Å². The molecule has 8 nitrogen and oxygen atoms in total.